The third-order valence-electron chi connectivity index (χ3n) is 2.09. The van der Waals surface area contributed by atoms with Gasteiger partial charge in [0.25, 0.3) is 0 Å². The van der Waals surface area contributed by atoms with E-state index in [0.29, 0.717) is 5.56 Å². The summed E-state index contributed by atoms with van der Waals surface area (Å²) in [5.74, 6) is -1.63. The zero-order valence-corrected chi connectivity index (χ0v) is 8.57. The Labute approximate surface area is 88.0 Å². The summed E-state index contributed by atoms with van der Waals surface area (Å²) in [6.07, 6.45) is 0. The van der Waals surface area contributed by atoms with Crippen molar-refractivity contribution in [3.8, 4) is 0 Å². The van der Waals surface area contributed by atoms with Gasteiger partial charge in [-0.05, 0) is 13.0 Å². The van der Waals surface area contributed by atoms with Crippen LogP contribution in [0.5, 0.6) is 0 Å². The Morgan fingerprint density at radius 2 is 2.20 bits per heavy atom. The van der Waals surface area contributed by atoms with E-state index in [9.17, 15) is 9.18 Å². The maximum Gasteiger partial charge on any atom is 0.314 e. The molecule has 0 aliphatic rings. The SMILES string of the molecule is CCOC(=O)[C@@H](CN)c1ccccc1F. The smallest absolute Gasteiger partial charge is 0.314 e. The first kappa shape index (κ1) is 11.7. The molecule has 0 saturated carbocycles. The van der Waals surface area contributed by atoms with Crippen LogP contribution in [0.25, 0.3) is 0 Å². The van der Waals surface area contributed by atoms with E-state index in [0.717, 1.165) is 0 Å². The van der Waals surface area contributed by atoms with Crippen LogP contribution in [0, 0.1) is 5.82 Å². The van der Waals surface area contributed by atoms with Gasteiger partial charge in [-0.2, -0.15) is 0 Å². The lowest BCUT2D eigenvalue weighted by Crippen LogP contribution is -2.24. The molecule has 0 fully saturated rings. The first-order chi connectivity index (χ1) is 7.20. The van der Waals surface area contributed by atoms with E-state index in [1.807, 2.05) is 0 Å². The van der Waals surface area contributed by atoms with Gasteiger partial charge in [0, 0.05) is 12.1 Å². The molecule has 0 saturated heterocycles. The second-order valence-electron chi connectivity index (χ2n) is 3.06. The van der Waals surface area contributed by atoms with Gasteiger partial charge in [0.2, 0.25) is 0 Å². The van der Waals surface area contributed by atoms with Crippen LogP contribution in [0.1, 0.15) is 18.4 Å². The van der Waals surface area contributed by atoms with Crippen molar-refractivity contribution in [2.75, 3.05) is 13.2 Å². The zero-order chi connectivity index (χ0) is 11.3. The molecule has 1 atom stereocenters. The normalized spacial score (nSPS) is 12.2. The summed E-state index contributed by atoms with van der Waals surface area (Å²) in [6.45, 7) is 2.01. The fraction of sp³-hybridized carbons (Fsp3) is 0.364. The minimum atomic E-state index is -0.717. The van der Waals surface area contributed by atoms with Crippen LogP contribution in [0.3, 0.4) is 0 Å². The molecule has 0 heterocycles. The van der Waals surface area contributed by atoms with Crippen molar-refractivity contribution < 1.29 is 13.9 Å². The molecule has 0 amide bonds. The molecule has 0 spiro atoms. The molecule has 0 aliphatic carbocycles. The van der Waals surface area contributed by atoms with Crippen molar-refractivity contribution in [2.45, 2.75) is 12.8 Å². The van der Waals surface area contributed by atoms with Gasteiger partial charge in [-0.1, -0.05) is 18.2 Å². The predicted molar refractivity (Wildman–Crippen MR) is 54.8 cm³/mol. The molecule has 3 nitrogen and oxygen atoms in total. The Kier molecular flexibility index (Phi) is 4.24. The number of benzene rings is 1. The van der Waals surface area contributed by atoms with Crippen LogP contribution in [0.4, 0.5) is 4.39 Å². The van der Waals surface area contributed by atoms with E-state index >= 15 is 0 Å². The molecule has 1 rings (SSSR count). The first-order valence-electron chi connectivity index (χ1n) is 4.81. The molecule has 0 bridgehead atoms. The second kappa shape index (κ2) is 5.46. The molecular weight excluding hydrogens is 197 g/mol. The zero-order valence-electron chi connectivity index (χ0n) is 8.57. The monoisotopic (exact) mass is 211 g/mol. The van der Waals surface area contributed by atoms with E-state index in [-0.39, 0.29) is 13.2 Å². The number of rotatable bonds is 4. The minimum Gasteiger partial charge on any atom is -0.465 e. The largest absolute Gasteiger partial charge is 0.465 e. The van der Waals surface area contributed by atoms with E-state index in [1.54, 1.807) is 25.1 Å². The summed E-state index contributed by atoms with van der Waals surface area (Å²) >= 11 is 0. The fourth-order valence-corrected chi connectivity index (χ4v) is 1.35. The van der Waals surface area contributed by atoms with Crippen molar-refractivity contribution in [1.82, 2.24) is 0 Å². The average Bonchev–Trinajstić information content (AvgIpc) is 2.22. The maximum absolute atomic E-state index is 13.4. The molecular formula is C11H14FNO2. The van der Waals surface area contributed by atoms with Gasteiger partial charge in [0.1, 0.15) is 5.82 Å². The highest BCUT2D eigenvalue weighted by Crippen LogP contribution is 2.19. The highest BCUT2D eigenvalue weighted by molar-refractivity contribution is 5.78. The summed E-state index contributed by atoms with van der Waals surface area (Å²) < 4.78 is 18.2. The van der Waals surface area contributed by atoms with Crippen LogP contribution in [0.15, 0.2) is 24.3 Å². The number of carbonyl (C=O) groups is 1. The number of ether oxygens (including phenoxy) is 1. The van der Waals surface area contributed by atoms with Gasteiger partial charge in [-0.25, -0.2) is 4.39 Å². The van der Waals surface area contributed by atoms with E-state index < -0.39 is 17.7 Å². The molecule has 0 radical (unpaired) electrons. The van der Waals surface area contributed by atoms with Crippen LogP contribution in [0.2, 0.25) is 0 Å². The standard InChI is InChI=1S/C11H14FNO2/c1-2-15-11(14)9(7-13)8-5-3-4-6-10(8)12/h3-6,9H,2,7,13H2,1H3/t9-/m0/s1. The van der Waals surface area contributed by atoms with Crippen molar-refractivity contribution in [3.05, 3.63) is 35.6 Å². The van der Waals surface area contributed by atoms with Gasteiger partial charge in [-0.15, -0.1) is 0 Å². The summed E-state index contributed by atoms with van der Waals surface area (Å²) in [5, 5.41) is 0. The van der Waals surface area contributed by atoms with Crippen LogP contribution in [-0.4, -0.2) is 19.1 Å². The third kappa shape index (κ3) is 2.76. The van der Waals surface area contributed by atoms with Crippen LogP contribution >= 0.6 is 0 Å². The molecule has 2 N–H and O–H groups in total. The third-order valence-corrected chi connectivity index (χ3v) is 2.09. The molecule has 0 unspecified atom stereocenters. The van der Waals surface area contributed by atoms with E-state index in [1.165, 1.54) is 6.07 Å². The van der Waals surface area contributed by atoms with Gasteiger partial charge in [0.15, 0.2) is 0 Å². The molecule has 1 aromatic rings. The van der Waals surface area contributed by atoms with Gasteiger partial charge in [-0.3, -0.25) is 4.79 Å². The Bertz CT molecular complexity index is 341. The van der Waals surface area contributed by atoms with Crippen molar-refractivity contribution >= 4 is 5.97 Å². The van der Waals surface area contributed by atoms with E-state index in [2.05, 4.69) is 0 Å². The van der Waals surface area contributed by atoms with Crippen LogP contribution in [-0.2, 0) is 9.53 Å². The summed E-state index contributed by atoms with van der Waals surface area (Å²) in [5.41, 5.74) is 5.73. The first-order valence-corrected chi connectivity index (χ1v) is 4.81. The van der Waals surface area contributed by atoms with Gasteiger partial charge >= 0.3 is 5.97 Å². The molecule has 82 valence electrons. The van der Waals surface area contributed by atoms with Crippen LogP contribution < -0.4 is 5.73 Å². The Hall–Kier alpha value is -1.42. The lowest BCUT2D eigenvalue weighted by Gasteiger charge is -2.14. The quantitative estimate of drug-likeness (QED) is 0.766. The molecule has 0 aromatic heterocycles. The summed E-state index contributed by atoms with van der Waals surface area (Å²) in [4.78, 5) is 11.5. The lowest BCUT2D eigenvalue weighted by atomic mass is 9.99. The number of hydrogen-bond donors (Lipinski definition) is 1. The molecule has 15 heavy (non-hydrogen) atoms. The number of carbonyl (C=O) groups excluding carboxylic acids is 1. The lowest BCUT2D eigenvalue weighted by molar-refractivity contribution is -0.144. The predicted octanol–water partition coefficient (Wildman–Crippen LogP) is 1.43. The van der Waals surface area contributed by atoms with Crippen molar-refractivity contribution in [2.24, 2.45) is 5.73 Å². The molecule has 4 heteroatoms. The number of halogens is 1. The number of nitrogens with two attached hydrogens (primary N) is 1. The van der Waals surface area contributed by atoms with Gasteiger partial charge in [0.05, 0.1) is 12.5 Å². The topological polar surface area (TPSA) is 52.3 Å². The highest BCUT2D eigenvalue weighted by atomic mass is 19.1. The Morgan fingerprint density at radius 1 is 1.53 bits per heavy atom. The summed E-state index contributed by atoms with van der Waals surface area (Å²) in [6, 6.07) is 6.08. The number of hydrogen-bond acceptors (Lipinski definition) is 3. The van der Waals surface area contributed by atoms with Gasteiger partial charge < -0.3 is 10.5 Å². The average molecular weight is 211 g/mol. The van der Waals surface area contributed by atoms with E-state index in [4.69, 9.17) is 10.5 Å². The second-order valence-corrected chi connectivity index (χ2v) is 3.06. The number of esters is 1. The van der Waals surface area contributed by atoms with Crippen molar-refractivity contribution in [1.29, 1.82) is 0 Å². The molecule has 1 aromatic carbocycles. The summed E-state index contributed by atoms with van der Waals surface area (Å²) in [7, 11) is 0. The Morgan fingerprint density at radius 3 is 2.73 bits per heavy atom. The Balaban J connectivity index is 2.92. The minimum absolute atomic E-state index is 0.0414. The fourth-order valence-electron chi connectivity index (χ4n) is 1.35. The highest BCUT2D eigenvalue weighted by Gasteiger charge is 2.22. The maximum atomic E-state index is 13.4. The molecule has 0 aliphatic heterocycles. The van der Waals surface area contributed by atoms with Crippen molar-refractivity contribution in [3.63, 3.8) is 0 Å².